The van der Waals surface area contributed by atoms with Crippen LogP contribution in [0.4, 0.5) is 11.4 Å². The quantitative estimate of drug-likeness (QED) is 0.881. The number of carbonyl (C=O) groups is 1. The number of anilines is 2. The molecule has 0 saturated carbocycles. The molecule has 3 nitrogen and oxygen atoms in total. The lowest BCUT2D eigenvalue weighted by Gasteiger charge is -2.32. The molecule has 1 heterocycles. The Labute approximate surface area is 144 Å². The molecule has 0 spiro atoms. The molecule has 2 aromatic carbocycles. The summed E-state index contributed by atoms with van der Waals surface area (Å²) in [6.45, 7) is 8.64. The Kier molecular flexibility index (Phi) is 4.89. The van der Waals surface area contributed by atoms with Gasteiger partial charge < -0.3 is 10.2 Å². The Bertz CT molecular complexity index is 713. The van der Waals surface area contributed by atoms with Crippen molar-refractivity contribution in [3.05, 3.63) is 59.2 Å². The number of aryl methyl sites for hydroxylation is 2. The molecule has 2 aromatic rings. The standard InChI is InChI=1S/C21H26N2O/c1-15-10-12-23(13-11-15)20-8-6-19(7-9-20)22-21(24)18-5-4-16(2)17(3)14-18/h4-9,14-15H,10-13H2,1-3H3,(H,22,24). The van der Waals surface area contributed by atoms with E-state index in [1.54, 1.807) is 0 Å². The number of hydrogen-bond acceptors (Lipinski definition) is 2. The van der Waals surface area contributed by atoms with E-state index >= 15 is 0 Å². The minimum Gasteiger partial charge on any atom is -0.372 e. The van der Waals surface area contributed by atoms with Crippen molar-refractivity contribution in [3.8, 4) is 0 Å². The fourth-order valence-corrected chi connectivity index (χ4v) is 3.11. The predicted molar refractivity (Wildman–Crippen MR) is 101 cm³/mol. The summed E-state index contributed by atoms with van der Waals surface area (Å²) >= 11 is 0. The normalized spacial score (nSPS) is 15.4. The number of carbonyl (C=O) groups excluding carboxylic acids is 1. The first-order valence-electron chi connectivity index (χ1n) is 8.76. The summed E-state index contributed by atoms with van der Waals surface area (Å²) in [5, 5.41) is 2.98. The molecule has 3 heteroatoms. The fourth-order valence-electron chi connectivity index (χ4n) is 3.11. The van der Waals surface area contributed by atoms with Crippen molar-refractivity contribution in [2.45, 2.75) is 33.6 Å². The summed E-state index contributed by atoms with van der Waals surface area (Å²) in [6, 6.07) is 14.0. The van der Waals surface area contributed by atoms with E-state index < -0.39 is 0 Å². The van der Waals surface area contributed by atoms with Gasteiger partial charge in [-0.1, -0.05) is 13.0 Å². The molecule has 0 aromatic heterocycles. The van der Waals surface area contributed by atoms with Crippen LogP contribution in [0.15, 0.2) is 42.5 Å². The maximum atomic E-state index is 12.4. The van der Waals surface area contributed by atoms with Gasteiger partial charge in [-0.2, -0.15) is 0 Å². The van der Waals surface area contributed by atoms with Crippen molar-refractivity contribution in [1.29, 1.82) is 0 Å². The first-order valence-corrected chi connectivity index (χ1v) is 8.76. The molecular weight excluding hydrogens is 296 g/mol. The monoisotopic (exact) mass is 322 g/mol. The topological polar surface area (TPSA) is 32.3 Å². The largest absolute Gasteiger partial charge is 0.372 e. The molecule has 0 atom stereocenters. The van der Waals surface area contributed by atoms with Gasteiger partial charge in [-0.05, 0) is 80.1 Å². The summed E-state index contributed by atoms with van der Waals surface area (Å²) in [7, 11) is 0. The lowest BCUT2D eigenvalue weighted by Crippen LogP contribution is -2.32. The number of nitrogens with one attached hydrogen (secondary N) is 1. The van der Waals surface area contributed by atoms with Crippen LogP contribution in [0.3, 0.4) is 0 Å². The average Bonchev–Trinajstić information content (AvgIpc) is 2.59. The van der Waals surface area contributed by atoms with Crippen LogP contribution in [0.2, 0.25) is 0 Å². The fraction of sp³-hybridized carbons (Fsp3) is 0.381. The van der Waals surface area contributed by atoms with Gasteiger partial charge >= 0.3 is 0 Å². The third kappa shape index (κ3) is 3.78. The van der Waals surface area contributed by atoms with Gasteiger partial charge in [0.2, 0.25) is 0 Å². The highest BCUT2D eigenvalue weighted by Gasteiger charge is 2.16. The first kappa shape index (κ1) is 16.6. The summed E-state index contributed by atoms with van der Waals surface area (Å²) < 4.78 is 0. The van der Waals surface area contributed by atoms with Gasteiger partial charge in [-0.15, -0.1) is 0 Å². The molecule has 3 rings (SSSR count). The number of rotatable bonds is 3. The van der Waals surface area contributed by atoms with Crippen molar-refractivity contribution < 1.29 is 4.79 Å². The Morgan fingerprint density at radius 3 is 2.29 bits per heavy atom. The third-order valence-electron chi connectivity index (χ3n) is 5.04. The minimum atomic E-state index is -0.0577. The second-order valence-corrected chi connectivity index (χ2v) is 6.97. The van der Waals surface area contributed by atoms with E-state index in [9.17, 15) is 4.79 Å². The van der Waals surface area contributed by atoms with Gasteiger partial charge in [-0.25, -0.2) is 0 Å². The van der Waals surface area contributed by atoms with Gasteiger partial charge in [0.25, 0.3) is 5.91 Å². The van der Waals surface area contributed by atoms with E-state index in [-0.39, 0.29) is 5.91 Å². The van der Waals surface area contributed by atoms with E-state index in [1.807, 2.05) is 37.3 Å². The Morgan fingerprint density at radius 1 is 1.00 bits per heavy atom. The van der Waals surface area contributed by atoms with Crippen molar-refractivity contribution in [3.63, 3.8) is 0 Å². The zero-order valence-electron chi connectivity index (χ0n) is 14.8. The van der Waals surface area contributed by atoms with E-state index in [0.717, 1.165) is 30.3 Å². The first-order chi connectivity index (χ1) is 11.5. The summed E-state index contributed by atoms with van der Waals surface area (Å²) in [6.07, 6.45) is 2.51. The lowest BCUT2D eigenvalue weighted by molar-refractivity contribution is 0.102. The number of hydrogen-bond donors (Lipinski definition) is 1. The third-order valence-corrected chi connectivity index (χ3v) is 5.04. The van der Waals surface area contributed by atoms with Crippen molar-refractivity contribution >= 4 is 17.3 Å². The molecule has 1 fully saturated rings. The highest BCUT2D eigenvalue weighted by molar-refractivity contribution is 6.04. The molecule has 0 bridgehead atoms. The van der Waals surface area contributed by atoms with Gasteiger partial charge in [-0.3, -0.25) is 4.79 Å². The molecule has 1 aliphatic heterocycles. The van der Waals surface area contributed by atoms with E-state index in [4.69, 9.17) is 0 Å². The van der Waals surface area contributed by atoms with Crippen molar-refractivity contribution in [2.24, 2.45) is 5.92 Å². The van der Waals surface area contributed by atoms with Crippen LogP contribution in [-0.4, -0.2) is 19.0 Å². The molecule has 0 radical (unpaired) electrons. The molecule has 0 aliphatic carbocycles. The number of piperidine rings is 1. The highest BCUT2D eigenvalue weighted by atomic mass is 16.1. The zero-order chi connectivity index (χ0) is 17.1. The highest BCUT2D eigenvalue weighted by Crippen LogP contribution is 2.24. The van der Waals surface area contributed by atoms with Gasteiger partial charge in [0.05, 0.1) is 0 Å². The Balaban J connectivity index is 1.65. The average molecular weight is 322 g/mol. The van der Waals surface area contributed by atoms with Gasteiger partial charge in [0, 0.05) is 30.0 Å². The van der Waals surface area contributed by atoms with Crippen LogP contribution in [0, 0.1) is 19.8 Å². The van der Waals surface area contributed by atoms with E-state index in [0.29, 0.717) is 5.56 Å². The summed E-state index contributed by atoms with van der Waals surface area (Å²) in [5.74, 6) is 0.774. The minimum absolute atomic E-state index is 0.0577. The lowest BCUT2D eigenvalue weighted by atomic mass is 9.99. The molecule has 0 unspecified atom stereocenters. The molecule has 1 saturated heterocycles. The Hall–Kier alpha value is -2.29. The molecular formula is C21H26N2O. The van der Waals surface area contributed by atoms with Crippen molar-refractivity contribution in [1.82, 2.24) is 0 Å². The van der Waals surface area contributed by atoms with Crippen molar-refractivity contribution in [2.75, 3.05) is 23.3 Å². The molecule has 1 amide bonds. The van der Waals surface area contributed by atoms with Crippen LogP contribution in [-0.2, 0) is 0 Å². The number of benzene rings is 2. The van der Waals surface area contributed by atoms with Gasteiger partial charge in [0.15, 0.2) is 0 Å². The molecule has 24 heavy (non-hydrogen) atoms. The molecule has 1 N–H and O–H groups in total. The van der Waals surface area contributed by atoms with Crippen LogP contribution in [0.5, 0.6) is 0 Å². The zero-order valence-corrected chi connectivity index (χ0v) is 14.8. The molecule has 1 aliphatic rings. The number of nitrogens with zero attached hydrogens (tertiary/aromatic N) is 1. The van der Waals surface area contributed by atoms with Crippen LogP contribution < -0.4 is 10.2 Å². The SMILES string of the molecule is Cc1ccc(C(=O)Nc2ccc(N3CCC(C)CC3)cc2)cc1C. The Morgan fingerprint density at radius 2 is 1.67 bits per heavy atom. The van der Waals surface area contributed by atoms with E-state index in [1.165, 1.54) is 24.1 Å². The summed E-state index contributed by atoms with van der Waals surface area (Å²) in [4.78, 5) is 14.8. The van der Waals surface area contributed by atoms with Crippen LogP contribution >= 0.6 is 0 Å². The van der Waals surface area contributed by atoms with E-state index in [2.05, 4.69) is 36.2 Å². The smallest absolute Gasteiger partial charge is 0.255 e. The van der Waals surface area contributed by atoms with Gasteiger partial charge in [0.1, 0.15) is 0 Å². The van der Waals surface area contributed by atoms with Crippen LogP contribution in [0.25, 0.3) is 0 Å². The maximum Gasteiger partial charge on any atom is 0.255 e. The predicted octanol–water partition coefficient (Wildman–Crippen LogP) is 4.79. The number of amides is 1. The molecule has 126 valence electrons. The maximum absolute atomic E-state index is 12.4. The summed E-state index contributed by atoms with van der Waals surface area (Å²) in [5.41, 5.74) is 5.12. The second-order valence-electron chi connectivity index (χ2n) is 6.97. The van der Waals surface area contributed by atoms with Crippen LogP contribution in [0.1, 0.15) is 41.3 Å². The second kappa shape index (κ2) is 7.08.